The first kappa shape index (κ1) is 18.3. The lowest BCUT2D eigenvalue weighted by Gasteiger charge is -2.14. The normalized spacial score (nSPS) is 20.1. The highest BCUT2D eigenvalue weighted by Gasteiger charge is 2.36. The molecule has 2 aromatic rings. The van der Waals surface area contributed by atoms with Crippen LogP contribution in [0, 0.1) is 5.92 Å². The van der Waals surface area contributed by atoms with E-state index in [1.165, 1.54) is 24.5 Å². The number of rotatable bonds is 7. The number of nitrogens with one attached hydrogen (secondary N) is 2. The van der Waals surface area contributed by atoms with Crippen molar-refractivity contribution in [1.29, 1.82) is 0 Å². The Kier molecular flexibility index (Phi) is 4.88. The van der Waals surface area contributed by atoms with Gasteiger partial charge in [-0.15, -0.1) is 0 Å². The number of aliphatic hydroxyl groups is 1. The van der Waals surface area contributed by atoms with Gasteiger partial charge in [-0.1, -0.05) is 6.92 Å². The summed E-state index contributed by atoms with van der Waals surface area (Å²) in [6.45, 7) is 1.57. The summed E-state index contributed by atoms with van der Waals surface area (Å²) in [5.41, 5.74) is 3.10. The summed E-state index contributed by atoms with van der Waals surface area (Å²) >= 11 is 0. The van der Waals surface area contributed by atoms with E-state index in [2.05, 4.69) is 20.0 Å². The van der Waals surface area contributed by atoms with Gasteiger partial charge in [0.1, 0.15) is 5.82 Å². The molecular weight excluding hydrogens is 364 g/mol. The van der Waals surface area contributed by atoms with Crippen molar-refractivity contribution in [3.8, 4) is 11.1 Å². The van der Waals surface area contributed by atoms with E-state index in [1.54, 1.807) is 18.5 Å². The van der Waals surface area contributed by atoms with Crippen LogP contribution in [0.1, 0.15) is 31.7 Å². The van der Waals surface area contributed by atoms with E-state index in [-0.39, 0.29) is 11.6 Å². The fourth-order valence-electron chi connectivity index (χ4n) is 3.55. The Morgan fingerprint density at radius 1 is 1.30 bits per heavy atom. The number of hydrogen-bond donors (Lipinski definition) is 3. The Morgan fingerprint density at radius 3 is 2.74 bits per heavy atom. The molecule has 0 spiro atoms. The predicted octanol–water partition coefficient (Wildman–Crippen LogP) is 1.94. The smallest absolute Gasteiger partial charge is 0.258 e. The van der Waals surface area contributed by atoms with Crippen molar-refractivity contribution in [3.63, 3.8) is 0 Å². The average molecular weight is 388 g/mol. The Morgan fingerprint density at radius 2 is 2.11 bits per heavy atom. The molecule has 0 aromatic carbocycles. The first-order chi connectivity index (χ1) is 13.0. The van der Waals surface area contributed by atoms with E-state index in [4.69, 9.17) is 0 Å². The zero-order valence-electron chi connectivity index (χ0n) is 15.2. The lowest BCUT2D eigenvalue weighted by Crippen LogP contribution is -2.37. The molecule has 3 N–H and O–H groups in total. The second-order valence-electron chi connectivity index (χ2n) is 7.27. The van der Waals surface area contributed by atoms with Crippen molar-refractivity contribution in [2.45, 2.75) is 49.7 Å². The molecule has 3 heterocycles. The number of fused-ring (bicyclic) bond motifs is 1. The van der Waals surface area contributed by atoms with E-state index in [0.29, 0.717) is 12.5 Å². The summed E-state index contributed by atoms with van der Waals surface area (Å²) in [4.78, 5) is 8.62. The third-order valence-corrected chi connectivity index (χ3v) is 6.79. The van der Waals surface area contributed by atoms with Gasteiger partial charge in [-0.2, -0.15) is 0 Å². The molecule has 1 aliphatic heterocycles. The van der Waals surface area contributed by atoms with Gasteiger partial charge >= 0.3 is 0 Å². The summed E-state index contributed by atoms with van der Waals surface area (Å²) in [7, 11) is -3.75. The molecule has 144 valence electrons. The highest BCUT2D eigenvalue weighted by atomic mass is 32.2. The number of aromatic nitrogens is 2. The third-order valence-electron chi connectivity index (χ3n) is 5.35. The number of nitrogens with zero attached hydrogens (tertiary/aromatic N) is 2. The highest BCUT2D eigenvalue weighted by molar-refractivity contribution is 7.89. The fourth-order valence-corrected chi connectivity index (χ4v) is 4.79. The summed E-state index contributed by atoms with van der Waals surface area (Å²) in [6.07, 6.45) is 7.36. The Bertz CT molecular complexity index is 922. The monoisotopic (exact) mass is 388 g/mol. The maximum Gasteiger partial charge on any atom is 0.258 e. The number of sulfonamides is 1. The first-order valence-electron chi connectivity index (χ1n) is 9.36. The van der Waals surface area contributed by atoms with Crippen LogP contribution in [0.15, 0.2) is 35.6 Å². The van der Waals surface area contributed by atoms with Crippen LogP contribution in [0.3, 0.4) is 0 Å². The highest BCUT2D eigenvalue weighted by Crippen LogP contribution is 2.42. The molecule has 1 aliphatic carbocycles. The van der Waals surface area contributed by atoms with Crippen LogP contribution < -0.4 is 10.0 Å². The van der Waals surface area contributed by atoms with E-state index >= 15 is 0 Å². The van der Waals surface area contributed by atoms with Crippen molar-refractivity contribution < 1.29 is 13.5 Å². The van der Waals surface area contributed by atoms with Crippen LogP contribution in [0.5, 0.6) is 0 Å². The molecule has 4 rings (SSSR count). The standard InChI is InChI=1S/C19H24N4O3S/c1-2-14(11-24)23-27(25,26)18-6-5-13(10-21-18)15-7-8-20-19-16(15)9-17(22-19)12-3-4-12/h5-8,10,12,14,17,23-24H,2-4,9,11H2,1H3,(H,20,22)/t14-,17?/m1/s1. The van der Waals surface area contributed by atoms with Gasteiger partial charge in [0.15, 0.2) is 5.03 Å². The topological polar surface area (TPSA) is 104 Å². The van der Waals surface area contributed by atoms with Crippen LogP contribution in [0.2, 0.25) is 0 Å². The van der Waals surface area contributed by atoms with Gasteiger partial charge in [-0.3, -0.25) is 0 Å². The maximum atomic E-state index is 12.4. The van der Waals surface area contributed by atoms with Crippen molar-refractivity contribution in [3.05, 3.63) is 36.2 Å². The minimum Gasteiger partial charge on any atom is -0.395 e. The average Bonchev–Trinajstić information content (AvgIpc) is 3.44. The molecule has 1 unspecified atom stereocenters. The first-order valence-corrected chi connectivity index (χ1v) is 10.8. The molecule has 0 bridgehead atoms. The van der Waals surface area contributed by atoms with Gasteiger partial charge in [-0.25, -0.2) is 23.1 Å². The fraction of sp³-hybridized carbons (Fsp3) is 0.474. The van der Waals surface area contributed by atoms with E-state index in [0.717, 1.165) is 29.3 Å². The molecule has 0 radical (unpaired) electrons. The van der Waals surface area contributed by atoms with Gasteiger partial charge in [0.05, 0.1) is 6.61 Å². The van der Waals surface area contributed by atoms with E-state index in [1.807, 2.05) is 13.0 Å². The summed E-state index contributed by atoms with van der Waals surface area (Å²) < 4.78 is 27.3. The minimum atomic E-state index is -3.75. The Hall–Kier alpha value is -2.03. The second kappa shape index (κ2) is 7.18. The quantitative estimate of drug-likeness (QED) is 0.670. The summed E-state index contributed by atoms with van der Waals surface area (Å²) in [6, 6.07) is 5.19. The molecule has 2 atom stereocenters. The van der Waals surface area contributed by atoms with Crippen molar-refractivity contribution in [2.24, 2.45) is 5.92 Å². The summed E-state index contributed by atoms with van der Waals surface area (Å²) in [5.74, 6) is 1.67. The number of aliphatic hydroxyl groups excluding tert-OH is 1. The zero-order valence-corrected chi connectivity index (χ0v) is 16.0. The Balaban J connectivity index is 1.58. The largest absolute Gasteiger partial charge is 0.395 e. The molecule has 8 heteroatoms. The molecule has 27 heavy (non-hydrogen) atoms. The van der Waals surface area contributed by atoms with Crippen LogP contribution in [0.25, 0.3) is 11.1 Å². The molecule has 0 amide bonds. The van der Waals surface area contributed by atoms with Crippen molar-refractivity contribution in [1.82, 2.24) is 14.7 Å². The van der Waals surface area contributed by atoms with E-state index in [9.17, 15) is 13.5 Å². The van der Waals surface area contributed by atoms with Gasteiger partial charge < -0.3 is 10.4 Å². The van der Waals surface area contributed by atoms with Gasteiger partial charge in [-0.05, 0) is 55.4 Å². The van der Waals surface area contributed by atoms with Crippen LogP contribution in [-0.4, -0.2) is 42.2 Å². The zero-order chi connectivity index (χ0) is 19.0. The Labute approximate surface area is 159 Å². The molecule has 2 aliphatic rings. The molecule has 7 nitrogen and oxygen atoms in total. The van der Waals surface area contributed by atoms with Crippen molar-refractivity contribution in [2.75, 3.05) is 11.9 Å². The van der Waals surface area contributed by atoms with Crippen LogP contribution in [0.4, 0.5) is 5.82 Å². The van der Waals surface area contributed by atoms with Gasteiger partial charge in [0, 0.05) is 35.6 Å². The number of hydrogen-bond acceptors (Lipinski definition) is 6. The molecular formula is C19H24N4O3S. The van der Waals surface area contributed by atoms with Gasteiger partial charge in [0.2, 0.25) is 0 Å². The molecule has 1 fully saturated rings. The minimum absolute atomic E-state index is 0.0437. The molecule has 2 aromatic heterocycles. The lowest BCUT2D eigenvalue weighted by atomic mass is 9.99. The second-order valence-corrected chi connectivity index (χ2v) is 8.93. The molecule has 1 saturated carbocycles. The lowest BCUT2D eigenvalue weighted by molar-refractivity contribution is 0.253. The van der Waals surface area contributed by atoms with E-state index < -0.39 is 16.1 Å². The summed E-state index contributed by atoms with van der Waals surface area (Å²) in [5, 5.41) is 12.7. The number of anilines is 1. The third kappa shape index (κ3) is 3.69. The maximum absolute atomic E-state index is 12.4. The van der Waals surface area contributed by atoms with Crippen LogP contribution >= 0.6 is 0 Å². The van der Waals surface area contributed by atoms with Crippen molar-refractivity contribution >= 4 is 15.8 Å². The van der Waals surface area contributed by atoms with Gasteiger partial charge in [0.25, 0.3) is 10.0 Å². The predicted molar refractivity (Wildman–Crippen MR) is 103 cm³/mol. The molecule has 0 saturated heterocycles. The number of pyridine rings is 2. The van der Waals surface area contributed by atoms with Crippen LogP contribution in [-0.2, 0) is 16.4 Å². The SMILES string of the molecule is CC[C@H](CO)NS(=O)(=O)c1ccc(-c2ccnc3c2CC(C2CC2)N3)cn1.